The Hall–Kier alpha value is -0.610. The molecule has 2 saturated carbocycles. The number of rotatable bonds is 4. The summed E-state index contributed by atoms with van der Waals surface area (Å²) < 4.78 is 0. The van der Waals surface area contributed by atoms with Gasteiger partial charge in [-0.15, -0.1) is 0 Å². The van der Waals surface area contributed by atoms with E-state index < -0.39 is 5.41 Å². The Labute approximate surface area is 110 Å². The molecule has 0 heterocycles. The highest BCUT2D eigenvalue weighted by atomic mass is 16.3. The second-order valence-corrected chi connectivity index (χ2v) is 6.08. The molecule has 1 amide bonds. The first-order valence-corrected chi connectivity index (χ1v) is 7.27. The first kappa shape index (κ1) is 13.8. The van der Waals surface area contributed by atoms with Crippen LogP contribution in [0.3, 0.4) is 0 Å². The molecule has 2 rings (SSSR count). The van der Waals surface area contributed by atoms with Gasteiger partial charge in [0.2, 0.25) is 5.91 Å². The molecule has 2 unspecified atom stereocenters. The number of amides is 1. The van der Waals surface area contributed by atoms with Crippen LogP contribution in [0.25, 0.3) is 0 Å². The van der Waals surface area contributed by atoms with E-state index in [2.05, 4.69) is 0 Å². The van der Waals surface area contributed by atoms with Crippen molar-refractivity contribution in [3.63, 3.8) is 0 Å². The second kappa shape index (κ2) is 5.57. The molecular weight excluding hydrogens is 228 g/mol. The Morgan fingerprint density at radius 2 is 2.00 bits per heavy atom. The maximum absolute atomic E-state index is 12.8. The van der Waals surface area contributed by atoms with E-state index in [0.29, 0.717) is 12.6 Å². The number of carbonyl (C=O) groups excluding carboxylic acids is 1. The van der Waals surface area contributed by atoms with Crippen LogP contribution in [-0.4, -0.2) is 41.1 Å². The van der Waals surface area contributed by atoms with Gasteiger partial charge in [0, 0.05) is 18.6 Å². The molecular formula is C14H26N2O2. The Kier molecular flexibility index (Phi) is 4.28. The van der Waals surface area contributed by atoms with Crippen molar-refractivity contribution in [1.82, 2.24) is 4.90 Å². The minimum Gasteiger partial charge on any atom is -0.395 e. The molecule has 0 aromatic rings. The molecule has 4 heteroatoms. The van der Waals surface area contributed by atoms with Gasteiger partial charge in [-0.2, -0.15) is 0 Å². The lowest BCUT2D eigenvalue weighted by atomic mass is 9.83. The van der Waals surface area contributed by atoms with Gasteiger partial charge >= 0.3 is 0 Å². The number of nitrogens with zero attached hydrogens (tertiary/aromatic N) is 1. The van der Waals surface area contributed by atoms with Crippen LogP contribution in [0.5, 0.6) is 0 Å². The maximum Gasteiger partial charge on any atom is 0.230 e. The summed E-state index contributed by atoms with van der Waals surface area (Å²) in [7, 11) is 0. The van der Waals surface area contributed by atoms with E-state index >= 15 is 0 Å². The third-order valence-corrected chi connectivity index (χ3v) is 4.89. The fraction of sp³-hybridized carbons (Fsp3) is 0.929. The average molecular weight is 254 g/mol. The molecule has 4 nitrogen and oxygen atoms in total. The zero-order valence-electron chi connectivity index (χ0n) is 11.4. The smallest absolute Gasteiger partial charge is 0.230 e. The van der Waals surface area contributed by atoms with Crippen LogP contribution >= 0.6 is 0 Å². The Morgan fingerprint density at radius 1 is 1.33 bits per heavy atom. The van der Waals surface area contributed by atoms with E-state index in [1.807, 2.05) is 11.8 Å². The van der Waals surface area contributed by atoms with Crippen LogP contribution < -0.4 is 5.73 Å². The fourth-order valence-electron chi connectivity index (χ4n) is 3.56. The van der Waals surface area contributed by atoms with Crippen molar-refractivity contribution in [2.45, 2.75) is 64.0 Å². The van der Waals surface area contributed by atoms with Gasteiger partial charge in [0.15, 0.2) is 0 Å². The minimum absolute atomic E-state index is 0.0207. The van der Waals surface area contributed by atoms with Gasteiger partial charge in [-0.05, 0) is 32.6 Å². The number of aliphatic hydroxyl groups is 1. The van der Waals surface area contributed by atoms with Gasteiger partial charge in [-0.1, -0.05) is 19.3 Å². The monoisotopic (exact) mass is 254 g/mol. The summed E-state index contributed by atoms with van der Waals surface area (Å²) in [5.41, 5.74) is 5.73. The molecule has 0 spiro atoms. The summed E-state index contributed by atoms with van der Waals surface area (Å²) in [5, 5.41) is 9.21. The molecule has 0 aliphatic heterocycles. The Bertz CT molecular complexity index is 302. The van der Waals surface area contributed by atoms with Crippen molar-refractivity contribution in [3.05, 3.63) is 0 Å². The first-order valence-electron chi connectivity index (χ1n) is 7.27. The zero-order chi connectivity index (χ0) is 13.2. The van der Waals surface area contributed by atoms with Crippen LogP contribution in [0, 0.1) is 5.41 Å². The molecule has 3 N–H and O–H groups in total. The number of hydrogen-bond acceptors (Lipinski definition) is 3. The molecule has 0 saturated heterocycles. The highest BCUT2D eigenvalue weighted by Gasteiger charge is 2.46. The van der Waals surface area contributed by atoms with E-state index in [0.717, 1.165) is 32.1 Å². The van der Waals surface area contributed by atoms with Crippen molar-refractivity contribution >= 4 is 5.91 Å². The summed E-state index contributed by atoms with van der Waals surface area (Å²) in [4.78, 5) is 14.7. The summed E-state index contributed by atoms with van der Waals surface area (Å²) in [6.07, 6.45) is 7.43. The number of carbonyl (C=O) groups is 1. The van der Waals surface area contributed by atoms with Crippen LogP contribution in [0.2, 0.25) is 0 Å². The average Bonchev–Trinajstić information content (AvgIpc) is 2.97. The van der Waals surface area contributed by atoms with Crippen LogP contribution in [0.15, 0.2) is 0 Å². The largest absolute Gasteiger partial charge is 0.395 e. The Morgan fingerprint density at radius 3 is 2.50 bits per heavy atom. The molecule has 0 aromatic carbocycles. The quantitative estimate of drug-likeness (QED) is 0.794. The van der Waals surface area contributed by atoms with E-state index in [9.17, 15) is 9.90 Å². The molecule has 2 aliphatic carbocycles. The van der Waals surface area contributed by atoms with Crippen LogP contribution in [0.4, 0.5) is 0 Å². The summed E-state index contributed by atoms with van der Waals surface area (Å²) in [6.45, 7) is 2.52. The molecule has 2 aliphatic rings. The SMILES string of the molecule is CC1(C(=O)N(CCO)C2CCCC2)CCCC1N. The van der Waals surface area contributed by atoms with Crippen molar-refractivity contribution in [2.75, 3.05) is 13.2 Å². The highest BCUT2D eigenvalue weighted by Crippen LogP contribution is 2.39. The normalized spacial score (nSPS) is 32.9. The van der Waals surface area contributed by atoms with Crippen molar-refractivity contribution in [1.29, 1.82) is 0 Å². The number of aliphatic hydroxyl groups excluding tert-OH is 1. The fourth-order valence-corrected chi connectivity index (χ4v) is 3.56. The second-order valence-electron chi connectivity index (χ2n) is 6.08. The molecule has 104 valence electrons. The van der Waals surface area contributed by atoms with Crippen LogP contribution in [-0.2, 0) is 4.79 Å². The molecule has 0 aromatic heterocycles. The lowest BCUT2D eigenvalue weighted by molar-refractivity contribution is -0.144. The Balaban J connectivity index is 2.12. The van der Waals surface area contributed by atoms with E-state index in [-0.39, 0.29) is 18.6 Å². The van der Waals surface area contributed by atoms with Gasteiger partial charge < -0.3 is 15.7 Å². The molecule has 2 fully saturated rings. The highest BCUT2D eigenvalue weighted by molar-refractivity contribution is 5.84. The van der Waals surface area contributed by atoms with E-state index in [1.165, 1.54) is 12.8 Å². The molecule has 0 radical (unpaired) electrons. The number of hydrogen-bond donors (Lipinski definition) is 2. The van der Waals surface area contributed by atoms with Gasteiger partial charge in [0.05, 0.1) is 12.0 Å². The predicted molar refractivity (Wildman–Crippen MR) is 71.0 cm³/mol. The number of nitrogens with two attached hydrogens (primary N) is 1. The third kappa shape index (κ3) is 2.41. The van der Waals surface area contributed by atoms with Gasteiger partial charge in [-0.25, -0.2) is 0 Å². The van der Waals surface area contributed by atoms with Gasteiger partial charge in [0.25, 0.3) is 0 Å². The van der Waals surface area contributed by atoms with Gasteiger partial charge in [0.1, 0.15) is 0 Å². The summed E-state index contributed by atoms with van der Waals surface area (Å²) in [5.74, 6) is 0.174. The van der Waals surface area contributed by atoms with Gasteiger partial charge in [-0.3, -0.25) is 4.79 Å². The molecule has 18 heavy (non-hydrogen) atoms. The third-order valence-electron chi connectivity index (χ3n) is 4.89. The van der Waals surface area contributed by atoms with Crippen molar-refractivity contribution < 1.29 is 9.90 Å². The van der Waals surface area contributed by atoms with E-state index in [1.54, 1.807) is 0 Å². The van der Waals surface area contributed by atoms with Crippen molar-refractivity contribution in [3.8, 4) is 0 Å². The lowest BCUT2D eigenvalue weighted by Crippen LogP contribution is -2.52. The molecule has 2 atom stereocenters. The standard InChI is InChI=1S/C14H26N2O2/c1-14(8-4-7-12(14)15)13(18)16(9-10-17)11-5-2-3-6-11/h11-12,17H,2-10,15H2,1H3. The van der Waals surface area contributed by atoms with Crippen molar-refractivity contribution in [2.24, 2.45) is 11.1 Å². The predicted octanol–water partition coefficient (Wildman–Crippen LogP) is 1.27. The van der Waals surface area contributed by atoms with E-state index in [4.69, 9.17) is 5.73 Å². The van der Waals surface area contributed by atoms with Crippen LogP contribution in [0.1, 0.15) is 51.9 Å². The topological polar surface area (TPSA) is 66.6 Å². The minimum atomic E-state index is -0.405. The zero-order valence-corrected chi connectivity index (χ0v) is 11.4. The summed E-state index contributed by atoms with van der Waals surface area (Å²) >= 11 is 0. The summed E-state index contributed by atoms with van der Waals surface area (Å²) in [6, 6.07) is 0.307. The lowest BCUT2D eigenvalue weighted by Gasteiger charge is -2.37. The maximum atomic E-state index is 12.8. The molecule has 0 bridgehead atoms. The first-order chi connectivity index (χ1) is 8.59.